The fourth-order valence-electron chi connectivity index (χ4n) is 1.37. The topological polar surface area (TPSA) is 72.5 Å². The van der Waals surface area contributed by atoms with E-state index in [4.69, 9.17) is 15.2 Å². The predicted octanol–water partition coefficient (Wildman–Crippen LogP) is 1.29. The Hall–Kier alpha value is 0.110. The molecule has 0 fully saturated rings. The smallest absolute Gasteiger partial charge is 0.317 e. The van der Waals surface area contributed by atoms with Gasteiger partial charge in [0.2, 0.25) is 0 Å². The molecule has 0 amide bonds. The molecule has 4 nitrogen and oxygen atoms in total. The summed E-state index contributed by atoms with van der Waals surface area (Å²) < 4.78 is 15.3. The minimum Gasteiger partial charge on any atom is -0.326 e. The molecule has 0 radical (unpaired) electrons. The summed E-state index contributed by atoms with van der Waals surface area (Å²) in [6.45, 7) is 7.21. The van der Waals surface area contributed by atoms with Crippen LogP contribution in [0.3, 0.4) is 0 Å². The quantitative estimate of drug-likeness (QED) is 0.663. The molecule has 74 valence electrons. The van der Waals surface area contributed by atoms with Gasteiger partial charge in [0, 0.05) is 5.54 Å². The molecule has 0 rings (SSSR count). The Balaban J connectivity index is 4.13. The van der Waals surface area contributed by atoms with Gasteiger partial charge in [0.05, 0.1) is 5.60 Å². The maximum Gasteiger partial charge on any atom is 0.317 e. The highest BCUT2D eigenvalue weighted by Crippen LogP contribution is 2.30. The zero-order valence-electron chi connectivity index (χ0n) is 8.05. The Kier molecular flexibility index (Phi) is 3.91. The maximum absolute atomic E-state index is 10.4. The van der Waals surface area contributed by atoms with Gasteiger partial charge in [-0.15, -0.1) is 0 Å². The van der Waals surface area contributed by atoms with Crippen molar-refractivity contribution in [3.63, 3.8) is 0 Å². The molecule has 3 N–H and O–H groups in total. The highest BCUT2D eigenvalue weighted by Gasteiger charge is 2.27. The molecule has 0 aliphatic heterocycles. The standard InChI is InChI=1S/C7H18NO3P/c1-6(2,8)5-7(3,4)11-12(9)10/h12H,5,8H2,1-4H3,(H,9,10). The number of rotatable bonds is 4. The first kappa shape index (κ1) is 12.1. The van der Waals surface area contributed by atoms with Crippen LogP contribution in [0, 0.1) is 0 Å². The third kappa shape index (κ3) is 6.80. The van der Waals surface area contributed by atoms with E-state index >= 15 is 0 Å². The summed E-state index contributed by atoms with van der Waals surface area (Å²) in [5, 5.41) is 0. The van der Waals surface area contributed by atoms with Gasteiger partial charge >= 0.3 is 8.25 Å². The zero-order valence-corrected chi connectivity index (χ0v) is 9.05. The monoisotopic (exact) mass is 195 g/mol. The fraction of sp³-hybridized carbons (Fsp3) is 1.00. The second kappa shape index (κ2) is 3.88. The highest BCUT2D eigenvalue weighted by molar-refractivity contribution is 7.32. The van der Waals surface area contributed by atoms with E-state index in [1.807, 2.05) is 13.8 Å². The van der Waals surface area contributed by atoms with E-state index in [9.17, 15) is 4.57 Å². The van der Waals surface area contributed by atoms with E-state index in [-0.39, 0.29) is 5.54 Å². The molecule has 0 spiro atoms. The van der Waals surface area contributed by atoms with Crippen LogP contribution in [0.1, 0.15) is 34.1 Å². The lowest BCUT2D eigenvalue weighted by Gasteiger charge is -2.30. The Morgan fingerprint density at radius 3 is 2.08 bits per heavy atom. The molecule has 0 bridgehead atoms. The Morgan fingerprint density at radius 1 is 1.42 bits per heavy atom. The van der Waals surface area contributed by atoms with Crippen LogP contribution in [-0.2, 0) is 9.09 Å². The molecule has 1 unspecified atom stereocenters. The summed E-state index contributed by atoms with van der Waals surface area (Å²) in [7, 11) is -2.87. The second-order valence-electron chi connectivity index (χ2n) is 4.29. The van der Waals surface area contributed by atoms with Gasteiger partial charge in [0.1, 0.15) is 0 Å². The van der Waals surface area contributed by atoms with Crippen molar-refractivity contribution in [2.45, 2.75) is 45.3 Å². The van der Waals surface area contributed by atoms with Crippen molar-refractivity contribution in [3.05, 3.63) is 0 Å². The van der Waals surface area contributed by atoms with Crippen LogP contribution in [0.5, 0.6) is 0 Å². The minimum atomic E-state index is -2.87. The average molecular weight is 195 g/mol. The molecule has 1 atom stereocenters. The molecule has 0 heterocycles. The molecule has 5 heteroatoms. The van der Waals surface area contributed by atoms with E-state index in [0.29, 0.717) is 6.42 Å². The van der Waals surface area contributed by atoms with Crippen LogP contribution >= 0.6 is 8.25 Å². The minimum absolute atomic E-state index is 0.388. The Labute approximate surface area is 74.1 Å². The van der Waals surface area contributed by atoms with Crippen molar-refractivity contribution in [2.24, 2.45) is 5.73 Å². The van der Waals surface area contributed by atoms with Gasteiger partial charge in [-0.3, -0.25) is 4.57 Å². The summed E-state index contributed by atoms with van der Waals surface area (Å²) in [6, 6.07) is 0. The van der Waals surface area contributed by atoms with Crippen molar-refractivity contribution in [2.75, 3.05) is 0 Å². The largest absolute Gasteiger partial charge is 0.326 e. The number of nitrogens with two attached hydrogens (primary N) is 1. The van der Waals surface area contributed by atoms with E-state index in [2.05, 4.69) is 0 Å². The van der Waals surface area contributed by atoms with Gasteiger partial charge in [-0.1, -0.05) is 0 Å². The molecular formula is C7H18NO3P. The fourth-order valence-corrected chi connectivity index (χ4v) is 1.91. The van der Waals surface area contributed by atoms with E-state index in [1.165, 1.54) is 0 Å². The number of hydrogen-bond acceptors (Lipinski definition) is 3. The molecule has 12 heavy (non-hydrogen) atoms. The van der Waals surface area contributed by atoms with Crippen LogP contribution in [0.4, 0.5) is 0 Å². The van der Waals surface area contributed by atoms with Gasteiger partial charge < -0.3 is 15.2 Å². The maximum atomic E-state index is 10.4. The van der Waals surface area contributed by atoms with Gasteiger partial charge in [0.25, 0.3) is 0 Å². The van der Waals surface area contributed by atoms with Crippen molar-refractivity contribution < 1.29 is 14.0 Å². The molecule has 0 saturated heterocycles. The summed E-state index contributed by atoms with van der Waals surface area (Å²) in [5.41, 5.74) is 4.72. The third-order valence-electron chi connectivity index (χ3n) is 1.24. The average Bonchev–Trinajstić information content (AvgIpc) is 1.48. The van der Waals surface area contributed by atoms with E-state index < -0.39 is 13.9 Å². The molecule has 0 saturated carbocycles. The van der Waals surface area contributed by atoms with Crippen molar-refractivity contribution >= 4 is 8.25 Å². The molecule has 0 aliphatic carbocycles. The van der Waals surface area contributed by atoms with E-state index in [1.54, 1.807) is 13.8 Å². The molecule has 0 aliphatic rings. The van der Waals surface area contributed by atoms with Crippen molar-refractivity contribution in [3.8, 4) is 0 Å². The molecule has 0 aromatic carbocycles. The van der Waals surface area contributed by atoms with Gasteiger partial charge in [0.15, 0.2) is 0 Å². The normalized spacial score (nSPS) is 16.2. The predicted molar refractivity (Wildman–Crippen MR) is 49.3 cm³/mol. The highest BCUT2D eigenvalue weighted by atomic mass is 31.1. The lowest BCUT2D eigenvalue weighted by atomic mass is 9.91. The Morgan fingerprint density at radius 2 is 1.83 bits per heavy atom. The zero-order chi connectivity index (χ0) is 9.99. The summed E-state index contributed by atoms with van der Waals surface area (Å²) >= 11 is 0. The van der Waals surface area contributed by atoms with Crippen molar-refractivity contribution in [1.29, 1.82) is 0 Å². The first-order valence-electron chi connectivity index (χ1n) is 3.83. The molecule has 0 aromatic heterocycles. The van der Waals surface area contributed by atoms with Crippen LogP contribution < -0.4 is 5.73 Å². The van der Waals surface area contributed by atoms with Crippen LogP contribution in [-0.4, -0.2) is 16.0 Å². The van der Waals surface area contributed by atoms with Crippen LogP contribution in [0.2, 0.25) is 0 Å². The van der Waals surface area contributed by atoms with Crippen molar-refractivity contribution in [1.82, 2.24) is 0 Å². The lowest BCUT2D eigenvalue weighted by Crippen LogP contribution is -2.40. The third-order valence-corrected chi connectivity index (χ3v) is 1.97. The molecule has 0 aromatic rings. The lowest BCUT2D eigenvalue weighted by molar-refractivity contribution is 0.0744. The first-order valence-corrected chi connectivity index (χ1v) is 5.10. The summed E-state index contributed by atoms with van der Waals surface area (Å²) in [5.74, 6) is 0. The van der Waals surface area contributed by atoms with Gasteiger partial charge in [-0.2, -0.15) is 0 Å². The Bertz CT molecular complexity index is 174. The molecular weight excluding hydrogens is 177 g/mol. The van der Waals surface area contributed by atoms with Crippen LogP contribution in [0.25, 0.3) is 0 Å². The second-order valence-corrected chi connectivity index (χ2v) is 5.03. The van der Waals surface area contributed by atoms with Gasteiger partial charge in [-0.25, -0.2) is 0 Å². The van der Waals surface area contributed by atoms with Gasteiger partial charge in [-0.05, 0) is 34.1 Å². The summed E-state index contributed by atoms with van der Waals surface area (Å²) in [6.07, 6.45) is 0.539. The first-order chi connectivity index (χ1) is 5.12. The van der Waals surface area contributed by atoms with Crippen LogP contribution in [0.15, 0.2) is 0 Å². The SMILES string of the molecule is CC(C)(N)CC(C)(C)O[PH](=O)O. The number of hydrogen-bond donors (Lipinski definition) is 2. The van der Waals surface area contributed by atoms with E-state index in [0.717, 1.165) is 0 Å². The summed E-state index contributed by atoms with van der Waals surface area (Å²) in [4.78, 5) is 8.57.